The highest BCUT2D eigenvalue weighted by atomic mass is 19.1. The number of amides is 2. The maximum absolute atomic E-state index is 13.6. The summed E-state index contributed by atoms with van der Waals surface area (Å²) in [4.78, 5) is 32.9. The Morgan fingerprint density at radius 2 is 1.87 bits per heavy atom. The van der Waals surface area contributed by atoms with Crippen LogP contribution in [0.15, 0.2) is 36.5 Å². The van der Waals surface area contributed by atoms with E-state index in [1.807, 2.05) is 12.1 Å². The summed E-state index contributed by atoms with van der Waals surface area (Å²) in [5.74, 6) is -1.62. The lowest BCUT2D eigenvalue weighted by molar-refractivity contribution is -0.116. The van der Waals surface area contributed by atoms with Crippen LogP contribution in [0, 0.1) is 11.6 Å². The highest BCUT2D eigenvalue weighted by Gasteiger charge is 2.15. The molecule has 1 aromatic heterocycles. The van der Waals surface area contributed by atoms with E-state index in [1.165, 1.54) is 0 Å². The quantitative estimate of drug-likeness (QED) is 0.676. The predicted octanol–water partition coefficient (Wildman–Crippen LogP) is 2.26. The first kappa shape index (κ1) is 21.6. The molecule has 9 heteroatoms. The van der Waals surface area contributed by atoms with Crippen molar-refractivity contribution in [3.63, 3.8) is 0 Å². The number of nitrogens with zero attached hydrogens (tertiary/aromatic N) is 3. The van der Waals surface area contributed by atoms with Crippen LogP contribution in [0.3, 0.4) is 0 Å². The summed E-state index contributed by atoms with van der Waals surface area (Å²) >= 11 is 0. The van der Waals surface area contributed by atoms with Gasteiger partial charge in [-0.15, -0.1) is 0 Å². The monoisotopic (exact) mass is 417 g/mol. The Labute approximate surface area is 174 Å². The molecule has 2 amide bonds. The van der Waals surface area contributed by atoms with Crippen LogP contribution in [0.4, 0.5) is 20.3 Å². The van der Waals surface area contributed by atoms with Crippen LogP contribution >= 0.6 is 0 Å². The number of rotatable bonds is 7. The third-order valence-corrected chi connectivity index (χ3v) is 4.90. The Balaban J connectivity index is 1.39. The van der Waals surface area contributed by atoms with Gasteiger partial charge in [0.1, 0.15) is 17.5 Å². The maximum Gasteiger partial charge on any atom is 0.254 e. The minimum absolute atomic E-state index is 0.187. The number of pyridine rings is 1. The molecular formula is C21H25F2N5O2. The lowest BCUT2D eigenvalue weighted by Gasteiger charge is -2.33. The molecule has 1 aromatic carbocycles. The number of benzene rings is 1. The molecule has 3 rings (SSSR count). The number of hydrogen-bond donors (Lipinski definition) is 2. The molecule has 0 aliphatic carbocycles. The van der Waals surface area contributed by atoms with Crippen molar-refractivity contribution in [1.29, 1.82) is 0 Å². The fraction of sp³-hybridized carbons (Fsp3) is 0.381. The summed E-state index contributed by atoms with van der Waals surface area (Å²) < 4.78 is 26.5. The van der Waals surface area contributed by atoms with Crippen LogP contribution < -0.4 is 15.5 Å². The van der Waals surface area contributed by atoms with Crippen molar-refractivity contribution in [3.8, 4) is 0 Å². The zero-order valence-corrected chi connectivity index (χ0v) is 16.8. The molecule has 2 N–H and O–H groups in total. The molecule has 1 fully saturated rings. The molecule has 7 nitrogen and oxygen atoms in total. The summed E-state index contributed by atoms with van der Waals surface area (Å²) in [6.45, 7) is 4.02. The Morgan fingerprint density at radius 1 is 1.10 bits per heavy atom. The minimum atomic E-state index is -0.919. The van der Waals surface area contributed by atoms with E-state index in [0.717, 1.165) is 44.1 Å². The van der Waals surface area contributed by atoms with Gasteiger partial charge in [-0.2, -0.15) is 0 Å². The number of hydrogen-bond acceptors (Lipinski definition) is 5. The van der Waals surface area contributed by atoms with Crippen LogP contribution in [0.25, 0.3) is 0 Å². The topological polar surface area (TPSA) is 77.6 Å². The SMILES string of the molecule is CN1CCN(c2ccc(NC(=O)CCCNC(=O)c3ccc(F)cc3F)cn2)CC1. The zero-order valence-electron chi connectivity index (χ0n) is 16.8. The maximum atomic E-state index is 13.6. The number of halogens is 2. The second kappa shape index (κ2) is 10.1. The number of likely N-dealkylation sites (N-methyl/N-ethyl adjacent to an activating group) is 1. The van der Waals surface area contributed by atoms with Crippen molar-refractivity contribution in [3.05, 3.63) is 53.7 Å². The van der Waals surface area contributed by atoms with Gasteiger partial charge in [0, 0.05) is 45.2 Å². The number of aromatic nitrogens is 1. The first-order valence-corrected chi connectivity index (χ1v) is 9.85. The van der Waals surface area contributed by atoms with E-state index in [2.05, 4.69) is 32.5 Å². The first-order chi connectivity index (χ1) is 14.4. The van der Waals surface area contributed by atoms with E-state index in [1.54, 1.807) is 6.20 Å². The van der Waals surface area contributed by atoms with Gasteiger partial charge in [-0.1, -0.05) is 0 Å². The smallest absolute Gasteiger partial charge is 0.254 e. The third-order valence-electron chi connectivity index (χ3n) is 4.90. The molecule has 1 saturated heterocycles. The van der Waals surface area contributed by atoms with Crippen molar-refractivity contribution in [2.24, 2.45) is 0 Å². The van der Waals surface area contributed by atoms with Crippen LogP contribution in [0.5, 0.6) is 0 Å². The van der Waals surface area contributed by atoms with Crippen LogP contribution in [0.1, 0.15) is 23.2 Å². The highest BCUT2D eigenvalue weighted by Crippen LogP contribution is 2.16. The molecule has 0 saturated carbocycles. The molecule has 0 radical (unpaired) electrons. The van der Waals surface area contributed by atoms with Crippen molar-refractivity contribution in [2.45, 2.75) is 12.8 Å². The van der Waals surface area contributed by atoms with E-state index < -0.39 is 17.5 Å². The average molecular weight is 417 g/mol. The summed E-state index contributed by atoms with van der Waals surface area (Å²) in [5, 5.41) is 5.29. The molecule has 0 spiro atoms. The molecule has 0 unspecified atom stereocenters. The van der Waals surface area contributed by atoms with E-state index in [-0.39, 0.29) is 24.4 Å². The van der Waals surface area contributed by atoms with Gasteiger partial charge in [-0.25, -0.2) is 13.8 Å². The minimum Gasteiger partial charge on any atom is -0.354 e. The molecule has 1 aliphatic heterocycles. The highest BCUT2D eigenvalue weighted by molar-refractivity contribution is 5.94. The molecular weight excluding hydrogens is 392 g/mol. The Hall–Kier alpha value is -3.07. The van der Waals surface area contributed by atoms with Gasteiger partial charge in [-0.05, 0) is 37.7 Å². The fourth-order valence-corrected chi connectivity index (χ4v) is 3.13. The van der Waals surface area contributed by atoms with Gasteiger partial charge in [-0.3, -0.25) is 9.59 Å². The van der Waals surface area contributed by atoms with Crippen molar-refractivity contribution >= 4 is 23.3 Å². The zero-order chi connectivity index (χ0) is 21.5. The Kier molecular flexibility index (Phi) is 7.29. The Morgan fingerprint density at radius 3 is 2.53 bits per heavy atom. The van der Waals surface area contributed by atoms with E-state index in [4.69, 9.17) is 0 Å². The van der Waals surface area contributed by atoms with Crippen LogP contribution in [0.2, 0.25) is 0 Å². The van der Waals surface area contributed by atoms with Gasteiger partial charge < -0.3 is 20.4 Å². The van der Waals surface area contributed by atoms with E-state index >= 15 is 0 Å². The summed E-state index contributed by atoms with van der Waals surface area (Å²) in [5.41, 5.74) is 0.377. The lowest BCUT2D eigenvalue weighted by atomic mass is 10.2. The second-order valence-corrected chi connectivity index (χ2v) is 7.23. The summed E-state index contributed by atoms with van der Waals surface area (Å²) in [6, 6.07) is 6.47. The fourth-order valence-electron chi connectivity index (χ4n) is 3.13. The third kappa shape index (κ3) is 5.96. The molecule has 0 atom stereocenters. The number of carbonyl (C=O) groups is 2. The standard InChI is InChI=1S/C21H25F2N5O2/c1-27-9-11-28(12-10-27)19-7-5-16(14-25-19)26-20(29)3-2-8-24-21(30)17-6-4-15(22)13-18(17)23/h4-7,13-14H,2-3,8-12H2,1H3,(H,24,30)(H,26,29). The van der Waals surface area contributed by atoms with Crippen molar-refractivity contribution in [2.75, 3.05) is 50.0 Å². The number of piperazine rings is 1. The van der Waals surface area contributed by atoms with Gasteiger partial charge in [0.15, 0.2) is 0 Å². The van der Waals surface area contributed by atoms with E-state index in [9.17, 15) is 18.4 Å². The van der Waals surface area contributed by atoms with Gasteiger partial charge in [0.05, 0.1) is 17.4 Å². The van der Waals surface area contributed by atoms with Crippen molar-refractivity contribution < 1.29 is 18.4 Å². The molecule has 30 heavy (non-hydrogen) atoms. The van der Waals surface area contributed by atoms with Crippen LogP contribution in [-0.2, 0) is 4.79 Å². The number of carbonyl (C=O) groups excluding carboxylic acids is 2. The van der Waals surface area contributed by atoms with Gasteiger partial charge in [0.2, 0.25) is 5.91 Å². The number of nitrogens with one attached hydrogen (secondary N) is 2. The number of anilines is 2. The molecule has 0 bridgehead atoms. The summed E-state index contributed by atoms with van der Waals surface area (Å²) in [7, 11) is 2.09. The molecule has 160 valence electrons. The molecule has 1 aliphatic rings. The van der Waals surface area contributed by atoms with Crippen LogP contribution in [-0.4, -0.2) is 61.5 Å². The molecule has 2 heterocycles. The van der Waals surface area contributed by atoms with E-state index in [0.29, 0.717) is 18.2 Å². The van der Waals surface area contributed by atoms with Gasteiger partial charge in [0.25, 0.3) is 5.91 Å². The molecule has 2 aromatic rings. The Bertz CT molecular complexity index is 883. The second-order valence-electron chi connectivity index (χ2n) is 7.23. The lowest BCUT2D eigenvalue weighted by Crippen LogP contribution is -2.44. The summed E-state index contributed by atoms with van der Waals surface area (Å²) in [6.07, 6.45) is 2.20. The average Bonchev–Trinajstić information content (AvgIpc) is 2.72. The first-order valence-electron chi connectivity index (χ1n) is 9.85. The predicted molar refractivity (Wildman–Crippen MR) is 111 cm³/mol. The van der Waals surface area contributed by atoms with Crippen molar-refractivity contribution in [1.82, 2.24) is 15.2 Å². The largest absolute Gasteiger partial charge is 0.354 e. The van der Waals surface area contributed by atoms with Gasteiger partial charge >= 0.3 is 0 Å². The normalized spacial score (nSPS) is 14.4.